The Morgan fingerprint density at radius 3 is 2.04 bits per heavy atom. The van der Waals surface area contributed by atoms with Crippen molar-refractivity contribution >= 4 is 18.8 Å². The number of aryl methyl sites for hydroxylation is 1. The van der Waals surface area contributed by atoms with Crippen LogP contribution in [0.4, 0.5) is 0 Å². The molecule has 3 aromatic carbocycles. The maximum Gasteiger partial charge on any atom is 0.109 e. The zero-order valence-corrected chi connectivity index (χ0v) is 16.7. The summed E-state index contributed by atoms with van der Waals surface area (Å²) in [5.74, 6) is 0. The van der Waals surface area contributed by atoms with E-state index >= 15 is 0 Å². The summed E-state index contributed by atoms with van der Waals surface area (Å²) in [5.41, 5.74) is 3.30. The largest absolute Gasteiger partial charge is 0.343 e. The predicted molar refractivity (Wildman–Crippen MR) is 114 cm³/mol. The van der Waals surface area contributed by atoms with E-state index in [0.717, 1.165) is 5.69 Å². The highest BCUT2D eigenvalue weighted by Gasteiger charge is 2.15. The topological polar surface area (TPSA) is 39.9 Å². The van der Waals surface area contributed by atoms with Crippen molar-refractivity contribution in [3.63, 3.8) is 0 Å². The number of benzene rings is 3. The minimum atomic E-state index is -0.894. The number of hydrogen-bond donors (Lipinski definition) is 0. The summed E-state index contributed by atoms with van der Waals surface area (Å²) in [6.45, 7) is 3.23. The van der Waals surface area contributed by atoms with Gasteiger partial charge in [-0.15, -0.1) is 5.10 Å². The standard InChI is InChI=1S/C23H22N3OP/c1-19-12-14-20(15-13-19)16-26-17-21(24-25-26)18-27-28(22-8-4-2-5-9-22)23-10-6-3-7-11-23/h2-15,17H,16,18H2,1H3. The van der Waals surface area contributed by atoms with Crippen LogP contribution in [-0.4, -0.2) is 15.0 Å². The van der Waals surface area contributed by atoms with Crippen LogP contribution in [0.25, 0.3) is 0 Å². The molecule has 0 N–H and O–H groups in total. The van der Waals surface area contributed by atoms with E-state index in [-0.39, 0.29) is 0 Å². The van der Waals surface area contributed by atoms with Crippen LogP contribution < -0.4 is 10.6 Å². The molecule has 0 aliphatic carbocycles. The van der Waals surface area contributed by atoms with E-state index in [2.05, 4.69) is 90.0 Å². The molecule has 0 amide bonds. The van der Waals surface area contributed by atoms with Gasteiger partial charge in [-0.2, -0.15) is 0 Å². The van der Waals surface area contributed by atoms with Crippen molar-refractivity contribution in [2.45, 2.75) is 20.1 Å². The first kappa shape index (κ1) is 18.5. The number of aromatic nitrogens is 3. The summed E-state index contributed by atoms with van der Waals surface area (Å²) in [4.78, 5) is 0. The van der Waals surface area contributed by atoms with Crippen LogP contribution >= 0.6 is 8.15 Å². The van der Waals surface area contributed by atoms with Gasteiger partial charge in [-0.05, 0) is 12.5 Å². The third-order valence-electron chi connectivity index (χ3n) is 4.37. The summed E-state index contributed by atoms with van der Waals surface area (Å²) in [6.07, 6.45) is 1.96. The highest BCUT2D eigenvalue weighted by atomic mass is 31.1. The molecule has 0 bridgehead atoms. The monoisotopic (exact) mass is 387 g/mol. The zero-order valence-electron chi connectivity index (χ0n) is 15.8. The first-order valence-corrected chi connectivity index (χ1v) is 10.5. The fraction of sp³-hybridized carbons (Fsp3) is 0.130. The average Bonchev–Trinajstić information content (AvgIpc) is 3.19. The lowest BCUT2D eigenvalue weighted by Gasteiger charge is -2.17. The molecule has 0 spiro atoms. The van der Waals surface area contributed by atoms with Gasteiger partial charge in [-0.3, -0.25) is 0 Å². The van der Waals surface area contributed by atoms with Crippen molar-refractivity contribution in [3.8, 4) is 0 Å². The summed E-state index contributed by atoms with van der Waals surface area (Å²) < 4.78 is 8.19. The smallest absolute Gasteiger partial charge is 0.109 e. The maximum atomic E-state index is 6.33. The molecule has 0 unspecified atom stereocenters. The Hall–Kier alpha value is -2.81. The van der Waals surface area contributed by atoms with Gasteiger partial charge in [0.1, 0.15) is 5.69 Å². The minimum absolute atomic E-state index is 0.434. The van der Waals surface area contributed by atoms with E-state index in [1.54, 1.807) is 0 Å². The van der Waals surface area contributed by atoms with Crippen molar-refractivity contribution in [1.29, 1.82) is 0 Å². The summed E-state index contributed by atoms with van der Waals surface area (Å²) in [5, 5.41) is 10.9. The van der Waals surface area contributed by atoms with Gasteiger partial charge >= 0.3 is 0 Å². The van der Waals surface area contributed by atoms with Crippen LogP contribution in [0.3, 0.4) is 0 Å². The van der Waals surface area contributed by atoms with Crippen molar-refractivity contribution in [1.82, 2.24) is 15.0 Å². The molecular formula is C23H22N3OP. The molecule has 4 rings (SSSR count). The molecule has 4 aromatic rings. The number of rotatable bonds is 7. The highest BCUT2D eigenvalue weighted by molar-refractivity contribution is 7.68. The second-order valence-electron chi connectivity index (χ2n) is 6.63. The summed E-state index contributed by atoms with van der Waals surface area (Å²) in [7, 11) is -0.894. The third-order valence-corrected chi connectivity index (χ3v) is 6.30. The average molecular weight is 387 g/mol. The lowest BCUT2D eigenvalue weighted by molar-refractivity contribution is 0.344. The Morgan fingerprint density at radius 2 is 1.43 bits per heavy atom. The lowest BCUT2D eigenvalue weighted by atomic mass is 10.1. The molecule has 0 saturated heterocycles. The molecule has 140 valence electrons. The third kappa shape index (κ3) is 4.72. The fourth-order valence-electron chi connectivity index (χ4n) is 2.92. The minimum Gasteiger partial charge on any atom is -0.343 e. The van der Waals surface area contributed by atoms with Crippen LogP contribution in [0.1, 0.15) is 16.8 Å². The van der Waals surface area contributed by atoms with Crippen molar-refractivity contribution in [2.75, 3.05) is 0 Å². The Balaban J connectivity index is 1.46. The SMILES string of the molecule is Cc1ccc(Cn2cc(COP(c3ccccc3)c3ccccc3)nn2)cc1. The molecule has 5 heteroatoms. The van der Waals surface area contributed by atoms with E-state index < -0.39 is 8.15 Å². The molecule has 28 heavy (non-hydrogen) atoms. The molecule has 0 aliphatic heterocycles. The normalized spacial score (nSPS) is 11.1. The number of nitrogens with zero attached hydrogens (tertiary/aromatic N) is 3. The van der Waals surface area contributed by atoms with Crippen LogP contribution in [0.5, 0.6) is 0 Å². The second-order valence-corrected chi connectivity index (χ2v) is 8.51. The van der Waals surface area contributed by atoms with E-state index in [4.69, 9.17) is 4.52 Å². The molecule has 0 saturated carbocycles. The van der Waals surface area contributed by atoms with Crippen LogP contribution in [0.15, 0.2) is 91.1 Å². The van der Waals surface area contributed by atoms with Crippen LogP contribution in [0.2, 0.25) is 0 Å². The summed E-state index contributed by atoms with van der Waals surface area (Å²) >= 11 is 0. The zero-order chi connectivity index (χ0) is 19.2. The van der Waals surface area contributed by atoms with Crippen molar-refractivity contribution in [2.24, 2.45) is 0 Å². The van der Waals surface area contributed by atoms with E-state index in [1.165, 1.54) is 21.7 Å². The van der Waals surface area contributed by atoms with Gasteiger partial charge in [-0.1, -0.05) is 95.7 Å². The molecular weight excluding hydrogens is 365 g/mol. The van der Waals surface area contributed by atoms with Crippen molar-refractivity contribution in [3.05, 3.63) is 108 Å². The molecule has 0 atom stereocenters. The van der Waals surface area contributed by atoms with Gasteiger partial charge in [-0.25, -0.2) is 4.68 Å². The Labute approximate surface area is 166 Å². The first-order valence-electron chi connectivity index (χ1n) is 9.26. The quantitative estimate of drug-likeness (QED) is 0.446. The van der Waals surface area contributed by atoms with E-state index in [9.17, 15) is 0 Å². The van der Waals surface area contributed by atoms with Crippen LogP contribution in [-0.2, 0) is 17.7 Å². The Bertz CT molecular complexity index is 961. The fourth-order valence-corrected chi connectivity index (χ4v) is 4.66. The number of hydrogen-bond acceptors (Lipinski definition) is 3. The maximum absolute atomic E-state index is 6.33. The van der Waals surface area contributed by atoms with Gasteiger partial charge in [0.15, 0.2) is 0 Å². The summed E-state index contributed by atoms with van der Waals surface area (Å²) in [6, 6.07) is 29.2. The first-order chi connectivity index (χ1) is 13.8. The van der Waals surface area contributed by atoms with Gasteiger partial charge in [0, 0.05) is 10.6 Å². The van der Waals surface area contributed by atoms with E-state index in [1.807, 2.05) is 23.0 Å². The van der Waals surface area contributed by atoms with Crippen LogP contribution in [0, 0.1) is 6.92 Å². The highest BCUT2D eigenvalue weighted by Crippen LogP contribution is 2.35. The van der Waals surface area contributed by atoms with Gasteiger partial charge in [0.05, 0.1) is 27.5 Å². The Morgan fingerprint density at radius 1 is 0.821 bits per heavy atom. The Kier molecular flexibility index (Phi) is 5.91. The second kappa shape index (κ2) is 8.92. The van der Waals surface area contributed by atoms with E-state index in [0.29, 0.717) is 13.2 Å². The molecule has 0 aliphatic rings. The molecule has 4 nitrogen and oxygen atoms in total. The predicted octanol–water partition coefficient (Wildman–Crippen LogP) is 4.20. The van der Waals surface area contributed by atoms with Gasteiger partial charge in [0.25, 0.3) is 0 Å². The van der Waals surface area contributed by atoms with Gasteiger partial charge < -0.3 is 4.52 Å². The lowest BCUT2D eigenvalue weighted by Crippen LogP contribution is -2.13. The molecule has 0 fully saturated rings. The van der Waals surface area contributed by atoms with Crippen molar-refractivity contribution < 1.29 is 4.52 Å². The molecule has 0 radical (unpaired) electrons. The molecule has 1 heterocycles. The molecule has 1 aromatic heterocycles. The van der Waals surface area contributed by atoms with Gasteiger partial charge in [0.2, 0.25) is 0 Å².